The molecule has 0 fully saturated rings. The van der Waals surface area contributed by atoms with E-state index < -0.39 is 0 Å². The summed E-state index contributed by atoms with van der Waals surface area (Å²) in [5, 5.41) is 0. The summed E-state index contributed by atoms with van der Waals surface area (Å²) >= 11 is 0. The standard InChI is InChI=1S/C18H22N2/c1-12-8-6-7-9-16(12)20-15(4)19(5)17-10-13(2)14(3)11-18(17)20/h6-11,15H,1-5H3/t15-/m0/s1. The van der Waals surface area contributed by atoms with Crippen LogP contribution < -0.4 is 9.80 Å². The van der Waals surface area contributed by atoms with E-state index in [9.17, 15) is 0 Å². The van der Waals surface area contributed by atoms with Crippen LogP contribution in [0, 0.1) is 20.8 Å². The van der Waals surface area contributed by atoms with E-state index in [1.807, 2.05) is 0 Å². The molecule has 3 rings (SSSR count). The minimum Gasteiger partial charge on any atom is -0.353 e. The van der Waals surface area contributed by atoms with Gasteiger partial charge in [-0.05, 0) is 62.6 Å². The maximum atomic E-state index is 2.44. The summed E-state index contributed by atoms with van der Waals surface area (Å²) in [6.07, 6.45) is 0.340. The van der Waals surface area contributed by atoms with Crippen LogP contribution in [-0.2, 0) is 0 Å². The molecule has 0 aromatic heterocycles. The predicted octanol–water partition coefficient (Wildman–Crippen LogP) is 4.55. The summed E-state index contributed by atoms with van der Waals surface area (Å²) in [4.78, 5) is 4.80. The van der Waals surface area contributed by atoms with Crippen molar-refractivity contribution in [3.63, 3.8) is 0 Å². The third-order valence-electron chi connectivity index (χ3n) is 4.54. The number of nitrogens with zero attached hydrogens (tertiary/aromatic N) is 2. The fourth-order valence-corrected chi connectivity index (χ4v) is 3.00. The lowest BCUT2D eigenvalue weighted by molar-refractivity contribution is 0.732. The molecule has 0 aliphatic carbocycles. The topological polar surface area (TPSA) is 6.48 Å². The molecular weight excluding hydrogens is 244 g/mol. The zero-order valence-electron chi connectivity index (χ0n) is 12.9. The van der Waals surface area contributed by atoms with Crippen molar-refractivity contribution in [1.29, 1.82) is 0 Å². The molecule has 1 aliphatic rings. The van der Waals surface area contributed by atoms with Gasteiger partial charge in [-0.25, -0.2) is 0 Å². The van der Waals surface area contributed by atoms with Crippen molar-refractivity contribution in [2.75, 3.05) is 16.8 Å². The van der Waals surface area contributed by atoms with Crippen LogP contribution in [0.4, 0.5) is 17.1 Å². The fraction of sp³-hybridized carbons (Fsp3) is 0.333. The van der Waals surface area contributed by atoms with Crippen LogP contribution in [0.2, 0.25) is 0 Å². The molecule has 1 atom stereocenters. The average Bonchev–Trinajstić information content (AvgIpc) is 2.65. The van der Waals surface area contributed by atoms with Gasteiger partial charge in [0.25, 0.3) is 0 Å². The van der Waals surface area contributed by atoms with Crippen LogP contribution in [0.3, 0.4) is 0 Å². The zero-order valence-corrected chi connectivity index (χ0v) is 12.9. The number of hydrogen-bond donors (Lipinski definition) is 0. The molecule has 1 aliphatic heterocycles. The van der Waals surface area contributed by atoms with E-state index in [-0.39, 0.29) is 0 Å². The smallest absolute Gasteiger partial charge is 0.103 e. The van der Waals surface area contributed by atoms with Crippen LogP contribution in [-0.4, -0.2) is 13.2 Å². The van der Waals surface area contributed by atoms with Crippen molar-refractivity contribution in [2.24, 2.45) is 0 Å². The van der Waals surface area contributed by atoms with Crippen molar-refractivity contribution in [3.8, 4) is 0 Å². The first-order valence-electron chi connectivity index (χ1n) is 7.19. The van der Waals surface area contributed by atoms with E-state index in [2.05, 4.69) is 80.9 Å². The van der Waals surface area contributed by atoms with Gasteiger partial charge in [-0.15, -0.1) is 0 Å². The van der Waals surface area contributed by atoms with Crippen LogP contribution in [0.5, 0.6) is 0 Å². The predicted molar refractivity (Wildman–Crippen MR) is 87.1 cm³/mol. The van der Waals surface area contributed by atoms with Crippen molar-refractivity contribution < 1.29 is 0 Å². The van der Waals surface area contributed by atoms with Crippen LogP contribution in [0.1, 0.15) is 23.6 Å². The molecule has 2 heteroatoms. The molecule has 0 unspecified atom stereocenters. The second kappa shape index (κ2) is 4.55. The van der Waals surface area contributed by atoms with Gasteiger partial charge < -0.3 is 9.80 Å². The molecule has 2 aromatic carbocycles. The summed E-state index contributed by atoms with van der Waals surface area (Å²) < 4.78 is 0. The second-order valence-corrected chi connectivity index (χ2v) is 5.82. The molecule has 0 saturated carbocycles. The van der Waals surface area contributed by atoms with E-state index in [0.29, 0.717) is 6.17 Å². The number of para-hydroxylation sites is 1. The fourth-order valence-electron chi connectivity index (χ4n) is 3.00. The third kappa shape index (κ3) is 1.79. The lowest BCUT2D eigenvalue weighted by atomic mass is 10.1. The highest BCUT2D eigenvalue weighted by molar-refractivity contribution is 5.85. The highest BCUT2D eigenvalue weighted by atomic mass is 15.4. The summed E-state index contributed by atoms with van der Waals surface area (Å²) in [6, 6.07) is 13.2. The van der Waals surface area contributed by atoms with Crippen LogP contribution >= 0.6 is 0 Å². The Labute approximate surface area is 121 Å². The Hall–Kier alpha value is -1.96. The molecule has 0 spiro atoms. The lowest BCUT2D eigenvalue weighted by Crippen LogP contribution is -2.35. The van der Waals surface area contributed by atoms with Crippen LogP contribution in [0.15, 0.2) is 36.4 Å². The minimum atomic E-state index is 0.340. The number of benzene rings is 2. The number of hydrogen-bond acceptors (Lipinski definition) is 2. The maximum Gasteiger partial charge on any atom is 0.103 e. The molecule has 0 amide bonds. The van der Waals surface area contributed by atoms with E-state index >= 15 is 0 Å². The number of anilines is 3. The van der Waals surface area contributed by atoms with Gasteiger partial charge in [0.1, 0.15) is 6.17 Å². The van der Waals surface area contributed by atoms with E-state index in [1.54, 1.807) is 0 Å². The van der Waals surface area contributed by atoms with Gasteiger partial charge in [-0.3, -0.25) is 0 Å². The molecule has 0 saturated heterocycles. The first kappa shape index (κ1) is 13.0. The second-order valence-electron chi connectivity index (χ2n) is 5.82. The number of fused-ring (bicyclic) bond motifs is 1. The maximum absolute atomic E-state index is 2.44. The SMILES string of the molecule is Cc1cc2c(cc1C)N(c1ccccc1C)[C@@H](C)N2C. The van der Waals surface area contributed by atoms with Crippen molar-refractivity contribution in [2.45, 2.75) is 33.9 Å². The molecule has 0 radical (unpaired) electrons. The Morgan fingerprint density at radius 1 is 0.800 bits per heavy atom. The molecule has 0 bridgehead atoms. The molecule has 104 valence electrons. The van der Waals surface area contributed by atoms with Gasteiger partial charge in [0.2, 0.25) is 0 Å². The summed E-state index contributed by atoms with van der Waals surface area (Å²) in [5.74, 6) is 0. The first-order valence-corrected chi connectivity index (χ1v) is 7.19. The van der Waals surface area contributed by atoms with E-state index in [1.165, 1.54) is 33.8 Å². The van der Waals surface area contributed by atoms with Gasteiger partial charge in [0, 0.05) is 12.7 Å². The summed E-state index contributed by atoms with van der Waals surface area (Å²) in [7, 11) is 2.18. The van der Waals surface area contributed by atoms with Crippen molar-refractivity contribution in [1.82, 2.24) is 0 Å². The highest BCUT2D eigenvalue weighted by Gasteiger charge is 2.32. The average molecular weight is 266 g/mol. The first-order chi connectivity index (χ1) is 9.50. The van der Waals surface area contributed by atoms with Gasteiger partial charge in [0.05, 0.1) is 11.4 Å². The van der Waals surface area contributed by atoms with E-state index in [4.69, 9.17) is 0 Å². The van der Waals surface area contributed by atoms with Gasteiger partial charge in [0.15, 0.2) is 0 Å². The van der Waals surface area contributed by atoms with Gasteiger partial charge >= 0.3 is 0 Å². The molecule has 1 heterocycles. The van der Waals surface area contributed by atoms with Crippen molar-refractivity contribution >= 4 is 17.1 Å². The Morgan fingerprint density at radius 3 is 2.05 bits per heavy atom. The van der Waals surface area contributed by atoms with Crippen molar-refractivity contribution in [3.05, 3.63) is 53.1 Å². The number of aryl methyl sites for hydroxylation is 3. The quantitative estimate of drug-likeness (QED) is 0.747. The molecule has 2 nitrogen and oxygen atoms in total. The lowest BCUT2D eigenvalue weighted by Gasteiger charge is -2.29. The zero-order chi connectivity index (χ0) is 14.4. The van der Waals surface area contributed by atoms with E-state index in [0.717, 1.165) is 0 Å². The summed E-state index contributed by atoms with van der Waals surface area (Å²) in [6.45, 7) is 8.82. The highest BCUT2D eigenvalue weighted by Crippen LogP contribution is 2.45. The summed E-state index contributed by atoms with van der Waals surface area (Å²) in [5.41, 5.74) is 7.97. The molecular formula is C18H22N2. The Kier molecular flexibility index (Phi) is 2.97. The molecule has 0 N–H and O–H groups in total. The Morgan fingerprint density at radius 2 is 1.40 bits per heavy atom. The molecule has 20 heavy (non-hydrogen) atoms. The monoisotopic (exact) mass is 266 g/mol. The van der Waals surface area contributed by atoms with Crippen LogP contribution in [0.25, 0.3) is 0 Å². The molecule has 2 aromatic rings. The minimum absolute atomic E-state index is 0.340. The van der Waals surface area contributed by atoms with Gasteiger partial charge in [-0.2, -0.15) is 0 Å². The Balaban J connectivity index is 2.20. The largest absolute Gasteiger partial charge is 0.353 e. The normalized spacial score (nSPS) is 17.6. The third-order valence-corrected chi connectivity index (χ3v) is 4.54. The Bertz CT molecular complexity index is 660. The van der Waals surface area contributed by atoms with Gasteiger partial charge in [-0.1, -0.05) is 18.2 Å². The number of rotatable bonds is 1.